The van der Waals surface area contributed by atoms with E-state index in [0.29, 0.717) is 0 Å². The van der Waals surface area contributed by atoms with Crippen LogP contribution in [0.25, 0.3) is 0 Å². The molecule has 2 N–H and O–H groups in total. The van der Waals surface area contributed by atoms with Crippen LogP contribution < -0.4 is 10.6 Å². The molecule has 2 aromatic carbocycles. The van der Waals surface area contributed by atoms with Crippen molar-refractivity contribution >= 4 is 17.1 Å². The summed E-state index contributed by atoms with van der Waals surface area (Å²) in [4.78, 5) is 2.20. The van der Waals surface area contributed by atoms with Crippen molar-refractivity contribution in [3.63, 3.8) is 0 Å². The van der Waals surface area contributed by atoms with Crippen LogP contribution in [0.5, 0.6) is 0 Å². The Kier molecular flexibility index (Phi) is 3.05. The standard InChI is InChI=1S/C15H18N2/c1-11-6-4-5-7-14(11)17(3)15-9-8-13(16)10-12(15)2/h4-10H,16H2,1-3H3. The molecule has 0 aliphatic rings. The number of hydrogen-bond donors (Lipinski definition) is 1. The number of anilines is 3. The Morgan fingerprint density at radius 3 is 2.18 bits per heavy atom. The van der Waals surface area contributed by atoms with E-state index in [1.165, 1.54) is 22.5 Å². The van der Waals surface area contributed by atoms with Crippen LogP contribution in [0.2, 0.25) is 0 Å². The highest BCUT2D eigenvalue weighted by Crippen LogP contribution is 2.29. The fraction of sp³-hybridized carbons (Fsp3) is 0.200. The highest BCUT2D eigenvalue weighted by Gasteiger charge is 2.08. The predicted molar refractivity (Wildman–Crippen MR) is 74.8 cm³/mol. The fourth-order valence-corrected chi connectivity index (χ4v) is 2.12. The molecule has 17 heavy (non-hydrogen) atoms. The number of nitrogens with two attached hydrogens (primary N) is 1. The van der Waals surface area contributed by atoms with Crippen LogP contribution in [0.4, 0.5) is 17.1 Å². The van der Waals surface area contributed by atoms with Gasteiger partial charge < -0.3 is 10.6 Å². The smallest absolute Gasteiger partial charge is 0.0439 e. The summed E-state index contributed by atoms with van der Waals surface area (Å²) in [6.45, 7) is 4.21. The molecule has 0 saturated heterocycles. The predicted octanol–water partition coefficient (Wildman–Crippen LogP) is 3.65. The molecule has 0 saturated carbocycles. The van der Waals surface area contributed by atoms with E-state index in [1.807, 2.05) is 12.1 Å². The average molecular weight is 226 g/mol. The van der Waals surface area contributed by atoms with Crippen molar-refractivity contribution < 1.29 is 0 Å². The van der Waals surface area contributed by atoms with Crippen molar-refractivity contribution in [2.24, 2.45) is 0 Å². The third-order valence-electron chi connectivity index (χ3n) is 3.06. The fourth-order valence-electron chi connectivity index (χ4n) is 2.12. The summed E-state index contributed by atoms with van der Waals surface area (Å²) in [5.74, 6) is 0. The lowest BCUT2D eigenvalue weighted by atomic mass is 10.1. The molecule has 2 aromatic rings. The van der Waals surface area contributed by atoms with Gasteiger partial charge in [-0.2, -0.15) is 0 Å². The molecule has 0 fully saturated rings. The van der Waals surface area contributed by atoms with E-state index in [2.05, 4.69) is 56.1 Å². The van der Waals surface area contributed by atoms with Gasteiger partial charge in [-0.05, 0) is 49.2 Å². The Hall–Kier alpha value is -1.96. The van der Waals surface area contributed by atoms with Crippen LogP contribution in [0.3, 0.4) is 0 Å². The van der Waals surface area contributed by atoms with E-state index in [4.69, 9.17) is 5.73 Å². The molecule has 2 heteroatoms. The zero-order chi connectivity index (χ0) is 12.4. The Bertz CT molecular complexity index is 532. The first kappa shape index (κ1) is 11.5. The number of rotatable bonds is 2. The minimum absolute atomic E-state index is 0.810. The van der Waals surface area contributed by atoms with Gasteiger partial charge in [0.1, 0.15) is 0 Å². The molecule has 0 aliphatic heterocycles. The lowest BCUT2D eigenvalue weighted by Gasteiger charge is -2.23. The van der Waals surface area contributed by atoms with Gasteiger partial charge in [0.2, 0.25) is 0 Å². The van der Waals surface area contributed by atoms with E-state index < -0.39 is 0 Å². The van der Waals surface area contributed by atoms with Gasteiger partial charge in [-0.1, -0.05) is 18.2 Å². The van der Waals surface area contributed by atoms with Gasteiger partial charge in [-0.15, -0.1) is 0 Å². The highest BCUT2D eigenvalue weighted by atomic mass is 15.1. The zero-order valence-electron chi connectivity index (χ0n) is 10.6. The van der Waals surface area contributed by atoms with Gasteiger partial charge >= 0.3 is 0 Å². The maximum atomic E-state index is 5.78. The van der Waals surface area contributed by atoms with Crippen molar-refractivity contribution in [2.75, 3.05) is 17.7 Å². The summed E-state index contributed by atoms with van der Waals surface area (Å²) in [7, 11) is 2.08. The van der Waals surface area contributed by atoms with Gasteiger partial charge in [-0.3, -0.25) is 0 Å². The van der Waals surface area contributed by atoms with Crippen molar-refractivity contribution in [1.82, 2.24) is 0 Å². The minimum Gasteiger partial charge on any atom is -0.399 e. The van der Waals surface area contributed by atoms with Crippen molar-refractivity contribution in [3.05, 3.63) is 53.6 Å². The lowest BCUT2D eigenvalue weighted by molar-refractivity contribution is 1.17. The van der Waals surface area contributed by atoms with Crippen molar-refractivity contribution in [1.29, 1.82) is 0 Å². The summed E-state index contributed by atoms with van der Waals surface area (Å²) in [6.07, 6.45) is 0. The van der Waals surface area contributed by atoms with E-state index in [9.17, 15) is 0 Å². The number of nitrogen functional groups attached to an aromatic ring is 1. The molecule has 0 aromatic heterocycles. The molecular weight excluding hydrogens is 208 g/mol. The first-order valence-corrected chi connectivity index (χ1v) is 5.75. The van der Waals surface area contributed by atoms with Crippen LogP contribution in [0.15, 0.2) is 42.5 Å². The minimum atomic E-state index is 0.810. The van der Waals surface area contributed by atoms with Crippen molar-refractivity contribution in [2.45, 2.75) is 13.8 Å². The van der Waals surface area contributed by atoms with E-state index in [1.54, 1.807) is 0 Å². The summed E-state index contributed by atoms with van der Waals surface area (Å²) in [5, 5.41) is 0. The number of nitrogens with zero attached hydrogens (tertiary/aromatic N) is 1. The maximum Gasteiger partial charge on any atom is 0.0439 e. The van der Waals surface area contributed by atoms with Gasteiger partial charge in [0, 0.05) is 24.1 Å². The average Bonchev–Trinajstić information content (AvgIpc) is 2.29. The Balaban J connectivity index is 2.44. The Labute approximate surface area is 103 Å². The molecule has 2 nitrogen and oxygen atoms in total. The van der Waals surface area contributed by atoms with E-state index in [0.717, 1.165) is 5.69 Å². The molecular formula is C15H18N2. The molecule has 0 radical (unpaired) electrons. The van der Waals surface area contributed by atoms with Crippen LogP contribution >= 0.6 is 0 Å². The second kappa shape index (κ2) is 4.50. The maximum absolute atomic E-state index is 5.78. The molecule has 0 unspecified atom stereocenters. The van der Waals surface area contributed by atoms with E-state index in [-0.39, 0.29) is 0 Å². The monoisotopic (exact) mass is 226 g/mol. The second-order valence-electron chi connectivity index (χ2n) is 4.39. The SMILES string of the molecule is Cc1ccccc1N(C)c1ccc(N)cc1C. The normalized spacial score (nSPS) is 10.3. The Morgan fingerprint density at radius 1 is 0.882 bits per heavy atom. The topological polar surface area (TPSA) is 29.3 Å². The van der Waals surface area contributed by atoms with Gasteiger partial charge in [0.05, 0.1) is 0 Å². The second-order valence-corrected chi connectivity index (χ2v) is 4.39. The summed E-state index contributed by atoms with van der Waals surface area (Å²) in [6, 6.07) is 14.4. The van der Waals surface area contributed by atoms with Crippen LogP contribution in [0.1, 0.15) is 11.1 Å². The van der Waals surface area contributed by atoms with Crippen LogP contribution in [-0.2, 0) is 0 Å². The first-order chi connectivity index (χ1) is 8.09. The number of benzene rings is 2. The molecule has 0 atom stereocenters. The summed E-state index contributed by atoms with van der Waals surface area (Å²) >= 11 is 0. The highest BCUT2D eigenvalue weighted by molar-refractivity contribution is 5.69. The van der Waals surface area contributed by atoms with Crippen LogP contribution in [-0.4, -0.2) is 7.05 Å². The third-order valence-corrected chi connectivity index (χ3v) is 3.06. The van der Waals surface area contributed by atoms with Gasteiger partial charge in [0.15, 0.2) is 0 Å². The zero-order valence-corrected chi connectivity index (χ0v) is 10.6. The van der Waals surface area contributed by atoms with Gasteiger partial charge in [0.25, 0.3) is 0 Å². The molecule has 88 valence electrons. The number of aryl methyl sites for hydroxylation is 2. The van der Waals surface area contributed by atoms with Gasteiger partial charge in [-0.25, -0.2) is 0 Å². The first-order valence-electron chi connectivity index (χ1n) is 5.75. The molecule has 0 amide bonds. The summed E-state index contributed by atoms with van der Waals surface area (Å²) < 4.78 is 0. The molecule has 0 bridgehead atoms. The van der Waals surface area contributed by atoms with Crippen LogP contribution in [0, 0.1) is 13.8 Å². The number of para-hydroxylation sites is 1. The van der Waals surface area contributed by atoms with E-state index >= 15 is 0 Å². The largest absolute Gasteiger partial charge is 0.399 e. The summed E-state index contributed by atoms with van der Waals surface area (Å²) in [5.41, 5.74) is 11.5. The molecule has 0 aliphatic carbocycles. The number of hydrogen-bond acceptors (Lipinski definition) is 2. The molecule has 2 rings (SSSR count). The third kappa shape index (κ3) is 2.26. The quantitative estimate of drug-likeness (QED) is 0.792. The van der Waals surface area contributed by atoms with Crippen molar-refractivity contribution in [3.8, 4) is 0 Å². The molecule has 0 spiro atoms. The molecule has 0 heterocycles. The lowest BCUT2D eigenvalue weighted by Crippen LogP contribution is -2.12. The Morgan fingerprint density at radius 2 is 1.53 bits per heavy atom.